The summed E-state index contributed by atoms with van der Waals surface area (Å²) in [4.78, 5) is 28.1. The maximum absolute atomic E-state index is 13.2. The number of aromatic nitrogens is 2. The van der Waals surface area contributed by atoms with E-state index in [1.165, 1.54) is 0 Å². The van der Waals surface area contributed by atoms with Crippen LogP contribution < -0.4 is 10.1 Å². The van der Waals surface area contributed by atoms with Crippen LogP contribution in [0.1, 0.15) is 48.7 Å². The summed E-state index contributed by atoms with van der Waals surface area (Å²) in [6.07, 6.45) is 5.63. The first-order valence-electron chi connectivity index (χ1n) is 11.7. The van der Waals surface area contributed by atoms with Crippen molar-refractivity contribution in [3.8, 4) is 5.75 Å². The number of para-hydroxylation sites is 1. The molecule has 3 heterocycles. The van der Waals surface area contributed by atoms with E-state index < -0.39 is 5.60 Å². The van der Waals surface area contributed by atoms with Crippen LogP contribution in [0.2, 0.25) is 5.02 Å². The Hall–Kier alpha value is -2.58. The highest BCUT2D eigenvalue weighted by molar-refractivity contribution is 6.33. The quantitative estimate of drug-likeness (QED) is 0.738. The first kappa shape index (κ1) is 23.6. The number of aryl methyl sites for hydroxylation is 2. The molecule has 1 unspecified atom stereocenters. The Bertz CT molecular complexity index is 995. The number of nitrogens with zero attached hydrogens (tertiary/aromatic N) is 3. The lowest BCUT2D eigenvalue weighted by atomic mass is 9.91. The van der Waals surface area contributed by atoms with E-state index in [0.29, 0.717) is 37.7 Å². The van der Waals surface area contributed by atoms with Gasteiger partial charge in [-0.1, -0.05) is 36.7 Å². The number of rotatable bonds is 3. The van der Waals surface area contributed by atoms with Gasteiger partial charge in [-0.2, -0.15) is 5.10 Å². The molecule has 2 aliphatic rings. The predicted molar refractivity (Wildman–Crippen MR) is 125 cm³/mol. The maximum Gasteiger partial charge on any atom is 0.276 e. The first-order valence-corrected chi connectivity index (χ1v) is 12.1. The molecule has 33 heavy (non-hydrogen) atoms. The van der Waals surface area contributed by atoms with E-state index in [2.05, 4.69) is 16.5 Å². The van der Waals surface area contributed by atoms with Crippen molar-refractivity contribution in [3.63, 3.8) is 0 Å². The molecule has 1 N–H and O–H groups in total. The van der Waals surface area contributed by atoms with Crippen LogP contribution in [-0.4, -0.2) is 64.9 Å². The number of carbonyl (C=O) groups excluding carboxylic acids is 2. The molecule has 1 atom stereocenters. The zero-order chi connectivity index (χ0) is 23.3. The monoisotopic (exact) mass is 474 g/mol. The topological polar surface area (TPSA) is 85.7 Å². The summed E-state index contributed by atoms with van der Waals surface area (Å²) in [5.41, 5.74) is 0.295. The summed E-state index contributed by atoms with van der Waals surface area (Å²) in [6, 6.07) is 8.01. The number of amides is 2. The van der Waals surface area contributed by atoms with Crippen LogP contribution in [0, 0.1) is 0 Å². The Morgan fingerprint density at radius 2 is 2.12 bits per heavy atom. The number of hydrogen-bond acceptors (Lipinski definition) is 5. The Morgan fingerprint density at radius 1 is 1.27 bits per heavy atom. The Morgan fingerprint density at radius 3 is 2.97 bits per heavy atom. The Labute approximate surface area is 199 Å². The zero-order valence-electron chi connectivity index (χ0n) is 19.0. The van der Waals surface area contributed by atoms with Crippen LogP contribution in [-0.2, 0) is 22.5 Å². The zero-order valence-corrected chi connectivity index (χ0v) is 19.8. The smallest absolute Gasteiger partial charge is 0.276 e. The fraction of sp³-hybridized carbons (Fsp3) is 0.542. The number of fused-ring (bicyclic) bond motifs is 1. The van der Waals surface area contributed by atoms with Gasteiger partial charge in [-0.3, -0.25) is 14.3 Å². The largest absolute Gasteiger partial charge is 0.491 e. The number of morpholine rings is 1. The number of hydrogen-bond donors (Lipinski definition) is 1. The molecular weight excluding hydrogens is 444 g/mol. The van der Waals surface area contributed by atoms with Gasteiger partial charge in [0.25, 0.3) is 11.8 Å². The lowest BCUT2D eigenvalue weighted by Gasteiger charge is -2.41. The van der Waals surface area contributed by atoms with E-state index in [9.17, 15) is 9.59 Å². The van der Waals surface area contributed by atoms with Crippen LogP contribution in [0.3, 0.4) is 0 Å². The van der Waals surface area contributed by atoms with Crippen molar-refractivity contribution in [3.05, 3.63) is 46.7 Å². The molecule has 0 bridgehead atoms. The molecule has 178 valence electrons. The summed E-state index contributed by atoms with van der Waals surface area (Å²) in [6.45, 7) is 4.30. The second kappa shape index (κ2) is 10.6. The van der Waals surface area contributed by atoms with Gasteiger partial charge in [-0.25, -0.2) is 0 Å². The molecule has 2 aromatic rings. The molecule has 1 spiro atoms. The summed E-state index contributed by atoms with van der Waals surface area (Å²) in [5.74, 6) is 0.390. The van der Waals surface area contributed by atoms with Crippen LogP contribution in [0.25, 0.3) is 0 Å². The molecule has 9 heteroatoms. The minimum atomic E-state index is -1.09. The summed E-state index contributed by atoms with van der Waals surface area (Å²) < 4.78 is 13.7. The molecule has 0 saturated carbocycles. The normalized spacial score (nSPS) is 22.0. The summed E-state index contributed by atoms with van der Waals surface area (Å²) in [7, 11) is 0. The molecule has 1 aromatic carbocycles. The number of halogens is 1. The molecular formula is C24H31ClN4O4. The predicted octanol–water partition coefficient (Wildman–Crippen LogP) is 3.08. The molecule has 0 radical (unpaired) electrons. The van der Waals surface area contributed by atoms with Crippen molar-refractivity contribution in [2.45, 2.75) is 51.2 Å². The SMILES string of the molecule is CCCn1cc(Cl)c(C(=O)N2CCOC3(CCCCc4ccccc4OCCNC3=O)C2)n1. The van der Waals surface area contributed by atoms with Gasteiger partial charge in [0.15, 0.2) is 11.3 Å². The van der Waals surface area contributed by atoms with E-state index in [4.69, 9.17) is 21.1 Å². The average molecular weight is 475 g/mol. The molecule has 8 nitrogen and oxygen atoms in total. The maximum atomic E-state index is 13.2. The molecule has 0 aliphatic carbocycles. The second-order valence-electron chi connectivity index (χ2n) is 8.58. The van der Waals surface area contributed by atoms with Crippen molar-refractivity contribution in [2.24, 2.45) is 0 Å². The lowest BCUT2D eigenvalue weighted by Crippen LogP contribution is -2.61. The van der Waals surface area contributed by atoms with E-state index in [1.54, 1.807) is 15.8 Å². The van der Waals surface area contributed by atoms with Crippen molar-refractivity contribution in [2.75, 3.05) is 32.8 Å². The van der Waals surface area contributed by atoms with Crippen molar-refractivity contribution >= 4 is 23.4 Å². The fourth-order valence-corrected chi connectivity index (χ4v) is 4.69. The molecule has 2 aliphatic heterocycles. The highest BCUT2D eigenvalue weighted by atomic mass is 35.5. The summed E-state index contributed by atoms with van der Waals surface area (Å²) in [5, 5.41) is 7.65. The minimum absolute atomic E-state index is 0.173. The third kappa shape index (κ3) is 5.33. The van der Waals surface area contributed by atoms with Crippen molar-refractivity contribution in [1.29, 1.82) is 0 Å². The fourth-order valence-electron chi connectivity index (χ4n) is 4.46. The lowest BCUT2D eigenvalue weighted by molar-refractivity contribution is -0.159. The van der Waals surface area contributed by atoms with Crippen molar-refractivity contribution in [1.82, 2.24) is 20.0 Å². The highest BCUT2D eigenvalue weighted by Crippen LogP contribution is 2.29. The van der Waals surface area contributed by atoms with Crippen molar-refractivity contribution < 1.29 is 19.1 Å². The van der Waals surface area contributed by atoms with Crippen LogP contribution in [0.5, 0.6) is 5.75 Å². The standard InChI is InChI=1S/C24H31ClN4O4/c1-2-12-29-16-19(25)21(27-29)22(30)28-13-15-33-24(17-28)10-6-5-8-18-7-3-4-9-20(18)32-14-11-26-23(24)31/h3-4,7,9,16H,2,5-6,8,10-15,17H2,1H3,(H,26,31). The number of carbonyl (C=O) groups is 2. The van der Waals surface area contributed by atoms with Crippen LogP contribution in [0.4, 0.5) is 0 Å². The highest BCUT2D eigenvalue weighted by Gasteiger charge is 2.45. The van der Waals surface area contributed by atoms with E-state index >= 15 is 0 Å². The summed E-state index contributed by atoms with van der Waals surface area (Å²) >= 11 is 6.31. The number of nitrogens with one attached hydrogen (secondary N) is 1. The second-order valence-corrected chi connectivity index (χ2v) is 8.98. The van der Waals surface area contributed by atoms with Gasteiger partial charge < -0.3 is 19.7 Å². The van der Waals surface area contributed by atoms with Crippen LogP contribution in [0.15, 0.2) is 30.5 Å². The molecule has 2 amide bonds. The minimum Gasteiger partial charge on any atom is -0.491 e. The molecule has 1 aromatic heterocycles. The molecule has 1 fully saturated rings. The van der Waals surface area contributed by atoms with Gasteiger partial charge in [0.1, 0.15) is 12.4 Å². The Balaban J connectivity index is 1.49. The Kier molecular flexibility index (Phi) is 7.55. The van der Waals surface area contributed by atoms with E-state index in [1.807, 2.05) is 25.1 Å². The van der Waals surface area contributed by atoms with Gasteiger partial charge >= 0.3 is 0 Å². The van der Waals surface area contributed by atoms with Crippen LogP contribution >= 0.6 is 11.6 Å². The van der Waals surface area contributed by atoms with Gasteiger partial charge in [0.2, 0.25) is 0 Å². The molecule has 1 saturated heterocycles. The first-order chi connectivity index (χ1) is 16.0. The third-order valence-electron chi connectivity index (χ3n) is 6.15. The van der Waals surface area contributed by atoms with Gasteiger partial charge in [0.05, 0.1) is 24.7 Å². The average Bonchev–Trinajstić information content (AvgIpc) is 3.19. The third-order valence-corrected chi connectivity index (χ3v) is 6.43. The van der Waals surface area contributed by atoms with Gasteiger partial charge in [0, 0.05) is 19.3 Å². The van der Waals surface area contributed by atoms with Gasteiger partial charge in [-0.05, 0) is 43.7 Å². The van der Waals surface area contributed by atoms with E-state index in [0.717, 1.165) is 37.0 Å². The van der Waals surface area contributed by atoms with E-state index in [-0.39, 0.29) is 30.7 Å². The number of benzene rings is 1. The van der Waals surface area contributed by atoms with Gasteiger partial charge in [-0.15, -0.1) is 0 Å². The molecule has 4 rings (SSSR count). The number of ether oxygens (including phenoxy) is 2.